The lowest BCUT2D eigenvalue weighted by Gasteiger charge is -2.38. The lowest BCUT2D eigenvalue weighted by molar-refractivity contribution is 0.426. The summed E-state index contributed by atoms with van der Waals surface area (Å²) < 4.78 is 0. The first-order valence-electron chi connectivity index (χ1n) is 7.41. The molecule has 2 aromatic carbocycles. The maximum Gasteiger partial charge on any atom is 0.0568 e. The smallest absolute Gasteiger partial charge is 0.0568 e. The molecule has 0 saturated heterocycles. The third kappa shape index (κ3) is 2.18. The summed E-state index contributed by atoms with van der Waals surface area (Å²) in [6, 6.07) is 12.0. The number of benzene rings is 2. The van der Waals surface area contributed by atoms with Gasteiger partial charge in [-0.15, -0.1) is 0 Å². The number of nitrogen functional groups attached to an aromatic ring is 1. The van der Waals surface area contributed by atoms with E-state index >= 15 is 0 Å². The average molecular weight is 331 g/mol. The number of fused-ring (bicyclic) bond motifs is 3. The van der Waals surface area contributed by atoms with Gasteiger partial charge in [0.15, 0.2) is 0 Å². The normalized spacial score (nSPS) is 25.5. The fraction of sp³-hybridized carbons (Fsp3) is 0.222. The van der Waals surface area contributed by atoms with Crippen molar-refractivity contribution in [3.63, 3.8) is 0 Å². The standard InChI is InChI=1S/C18H16Cl2N2/c19-10-4-6-14(16(20)8-10)18-13-3-1-2-12(13)15-9-11(21)5-7-17(15)22-18/h1-2,4-9,12-13,18,22H,3,21H2/t12-,13+,18-/m1/s1. The molecule has 0 fully saturated rings. The minimum Gasteiger partial charge on any atom is -0.399 e. The summed E-state index contributed by atoms with van der Waals surface area (Å²) in [4.78, 5) is 0. The first-order chi connectivity index (χ1) is 10.6. The van der Waals surface area contributed by atoms with Crippen molar-refractivity contribution in [3.8, 4) is 0 Å². The van der Waals surface area contributed by atoms with Crippen LogP contribution < -0.4 is 11.1 Å². The van der Waals surface area contributed by atoms with E-state index in [2.05, 4.69) is 29.6 Å². The first-order valence-corrected chi connectivity index (χ1v) is 8.16. The number of nitrogens with one attached hydrogen (secondary N) is 1. The fourth-order valence-corrected chi connectivity index (χ4v) is 4.20. The predicted molar refractivity (Wildman–Crippen MR) is 93.7 cm³/mol. The molecule has 0 amide bonds. The molecule has 112 valence electrons. The first kappa shape index (κ1) is 14.0. The molecule has 22 heavy (non-hydrogen) atoms. The van der Waals surface area contributed by atoms with Gasteiger partial charge in [0.2, 0.25) is 0 Å². The molecule has 1 aliphatic heterocycles. The third-order valence-corrected chi connectivity index (χ3v) is 5.25. The van der Waals surface area contributed by atoms with Gasteiger partial charge in [-0.3, -0.25) is 0 Å². The van der Waals surface area contributed by atoms with Crippen molar-refractivity contribution in [2.24, 2.45) is 5.92 Å². The second-order valence-corrected chi connectivity index (χ2v) is 6.83. The van der Waals surface area contributed by atoms with E-state index in [9.17, 15) is 0 Å². The number of hydrogen-bond acceptors (Lipinski definition) is 2. The Hall–Kier alpha value is -1.64. The quantitative estimate of drug-likeness (QED) is 0.542. The number of allylic oxidation sites excluding steroid dienone is 2. The molecule has 0 aromatic heterocycles. The van der Waals surface area contributed by atoms with Crippen LogP contribution in [0.4, 0.5) is 11.4 Å². The zero-order chi connectivity index (χ0) is 15.3. The Morgan fingerprint density at radius 3 is 2.73 bits per heavy atom. The van der Waals surface area contributed by atoms with Crippen LogP contribution in [0.15, 0.2) is 48.6 Å². The summed E-state index contributed by atoms with van der Waals surface area (Å²) in [6.07, 6.45) is 5.59. The summed E-state index contributed by atoms with van der Waals surface area (Å²) in [5.41, 5.74) is 10.3. The lowest BCUT2D eigenvalue weighted by Crippen LogP contribution is -2.29. The van der Waals surface area contributed by atoms with Gasteiger partial charge in [-0.25, -0.2) is 0 Å². The van der Waals surface area contributed by atoms with Gasteiger partial charge < -0.3 is 11.1 Å². The SMILES string of the molecule is Nc1ccc2c(c1)[C@@H]1C=CC[C@@H]1[C@H](c1ccc(Cl)cc1Cl)N2. The van der Waals surface area contributed by atoms with E-state index in [1.807, 2.05) is 24.3 Å². The molecular weight excluding hydrogens is 315 g/mol. The molecular formula is C18H16Cl2N2. The topological polar surface area (TPSA) is 38.0 Å². The maximum atomic E-state index is 6.44. The Bertz CT molecular complexity index is 770. The number of rotatable bonds is 1. The van der Waals surface area contributed by atoms with Crippen LogP contribution in [0.3, 0.4) is 0 Å². The van der Waals surface area contributed by atoms with E-state index in [1.54, 1.807) is 0 Å². The summed E-state index contributed by atoms with van der Waals surface area (Å²) in [7, 11) is 0. The minimum atomic E-state index is 0.181. The molecule has 2 aromatic rings. The van der Waals surface area contributed by atoms with E-state index in [4.69, 9.17) is 28.9 Å². The van der Waals surface area contributed by atoms with Crippen molar-refractivity contribution >= 4 is 34.6 Å². The highest BCUT2D eigenvalue weighted by atomic mass is 35.5. The molecule has 0 saturated carbocycles. The number of hydrogen-bond donors (Lipinski definition) is 2. The van der Waals surface area contributed by atoms with Crippen molar-refractivity contribution in [2.45, 2.75) is 18.4 Å². The van der Waals surface area contributed by atoms with Crippen molar-refractivity contribution in [3.05, 3.63) is 69.7 Å². The van der Waals surface area contributed by atoms with E-state index in [1.165, 1.54) is 5.56 Å². The van der Waals surface area contributed by atoms with E-state index in [0.29, 0.717) is 16.9 Å². The molecule has 0 spiro atoms. The zero-order valence-electron chi connectivity index (χ0n) is 11.9. The van der Waals surface area contributed by atoms with Crippen LogP contribution in [-0.2, 0) is 0 Å². The van der Waals surface area contributed by atoms with Crippen LogP contribution in [0, 0.1) is 5.92 Å². The van der Waals surface area contributed by atoms with Gasteiger partial charge >= 0.3 is 0 Å². The van der Waals surface area contributed by atoms with E-state index in [-0.39, 0.29) is 6.04 Å². The highest BCUT2D eigenvalue weighted by molar-refractivity contribution is 6.35. The van der Waals surface area contributed by atoms with Crippen LogP contribution in [0.25, 0.3) is 0 Å². The van der Waals surface area contributed by atoms with Gasteiger partial charge in [0.25, 0.3) is 0 Å². The summed E-state index contributed by atoms with van der Waals surface area (Å²) in [5, 5.41) is 5.03. The Balaban J connectivity index is 1.81. The van der Waals surface area contributed by atoms with Crippen LogP contribution in [0.1, 0.15) is 29.5 Å². The molecule has 1 aliphatic carbocycles. The van der Waals surface area contributed by atoms with E-state index < -0.39 is 0 Å². The van der Waals surface area contributed by atoms with Gasteiger partial charge in [-0.05, 0) is 53.8 Å². The Kier molecular flexibility index (Phi) is 3.32. The number of anilines is 2. The van der Waals surface area contributed by atoms with Crippen LogP contribution in [0.5, 0.6) is 0 Å². The van der Waals surface area contributed by atoms with Crippen molar-refractivity contribution in [1.82, 2.24) is 0 Å². The highest BCUT2D eigenvalue weighted by Gasteiger charge is 2.38. The van der Waals surface area contributed by atoms with Gasteiger partial charge in [0.1, 0.15) is 0 Å². The molecule has 4 heteroatoms. The molecule has 0 radical (unpaired) electrons. The Morgan fingerprint density at radius 1 is 1.05 bits per heavy atom. The van der Waals surface area contributed by atoms with Crippen LogP contribution >= 0.6 is 23.2 Å². The van der Waals surface area contributed by atoms with Crippen molar-refractivity contribution in [1.29, 1.82) is 0 Å². The maximum absolute atomic E-state index is 6.44. The number of halogens is 2. The summed E-state index contributed by atoms with van der Waals surface area (Å²) in [5.74, 6) is 0.837. The van der Waals surface area contributed by atoms with E-state index in [0.717, 1.165) is 28.4 Å². The second-order valence-electron chi connectivity index (χ2n) is 5.99. The molecule has 2 nitrogen and oxygen atoms in total. The summed E-state index contributed by atoms with van der Waals surface area (Å²) >= 11 is 12.5. The van der Waals surface area contributed by atoms with Crippen molar-refractivity contribution in [2.75, 3.05) is 11.1 Å². The molecule has 3 atom stereocenters. The Labute approximate surface area is 139 Å². The molecule has 0 unspecified atom stereocenters. The molecule has 3 N–H and O–H groups in total. The largest absolute Gasteiger partial charge is 0.399 e. The molecule has 1 heterocycles. The highest BCUT2D eigenvalue weighted by Crippen LogP contribution is 2.51. The monoisotopic (exact) mass is 330 g/mol. The van der Waals surface area contributed by atoms with Crippen LogP contribution in [-0.4, -0.2) is 0 Å². The fourth-order valence-electron chi connectivity index (χ4n) is 3.67. The molecule has 4 rings (SSSR count). The van der Waals surface area contributed by atoms with Crippen LogP contribution in [0.2, 0.25) is 10.0 Å². The number of nitrogens with two attached hydrogens (primary N) is 1. The molecule has 0 bridgehead atoms. The Morgan fingerprint density at radius 2 is 1.91 bits per heavy atom. The van der Waals surface area contributed by atoms with Gasteiger partial charge in [-0.2, -0.15) is 0 Å². The van der Waals surface area contributed by atoms with Gasteiger partial charge in [0, 0.05) is 27.3 Å². The van der Waals surface area contributed by atoms with Gasteiger partial charge in [0.05, 0.1) is 6.04 Å². The minimum absolute atomic E-state index is 0.181. The predicted octanol–water partition coefficient (Wildman–Crippen LogP) is 5.40. The second kappa shape index (κ2) is 5.22. The molecule has 2 aliphatic rings. The van der Waals surface area contributed by atoms with Crippen molar-refractivity contribution < 1.29 is 0 Å². The zero-order valence-corrected chi connectivity index (χ0v) is 13.4. The lowest BCUT2D eigenvalue weighted by atomic mass is 9.77. The third-order valence-electron chi connectivity index (χ3n) is 4.68. The average Bonchev–Trinajstić information content (AvgIpc) is 2.97. The summed E-state index contributed by atoms with van der Waals surface area (Å²) in [6.45, 7) is 0. The van der Waals surface area contributed by atoms with Gasteiger partial charge in [-0.1, -0.05) is 41.4 Å².